The van der Waals surface area contributed by atoms with Gasteiger partial charge < -0.3 is 4.74 Å². The summed E-state index contributed by atoms with van der Waals surface area (Å²) < 4.78 is 5.39. The summed E-state index contributed by atoms with van der Waals surface area (Å²) in [7, 11) is 0. The van der Waals surface area contributed by atoms with E-state index in [-0.39, 0.29) is 6.10 Å². The molecule has 1 aliphatic heterocycles. The molecule has 54 valence electrons. The van der Waals surface area contributed by atoms with Gasteiger partial charge in [0.25, 0.3) is 0 Å². The lowest BCUT2D eigenvalue weighted by molar-refractivity contribution is -0.126. The lowest BCUT2D eigenvalue weighted by Gasteiger charge is -2.34. The normalized spacial score (nSPS) is 56.6. The van der Waals surface area contributed by atoms with Crippen molar-refractivity contribution in [3.05, 3.63) is 0 Å². The molecule has 10 heavy (non-hydrogen) atoms. The Bertz CT molecular complexity index is 199. The number of carbonyl (C=O) groups is 1. The summed E-state index contributed by atoms with van der Waals surface area (Å²) in [5.74, 6) is 2.48. The first-order chi connectivity index (χ1) is 4.86. The van der Waals surface area contributed by atoms with E-state index in [0.29, 0.717) is 17.6 Å². The molecule has 0 bridgehead atoms. The zero-order valence-corrected chi connectivity index (χ0v) is 5.75. The van der Waals surface area contributed by atoms with Crippen LogP contribution in [-0.4, -0.2) is 18.5 Å². The minimum absolute atomic E-state index is 0.0312. The molecule has 0 aromatic rings. The lowest BCUT2D eigenvalue weighted by atomic mass is 9.68. The maximum atomic E-state index is 11.2. The molecule has 3 fully saturated rings. The Hall–Kier alpha value is -0.370. The molecule has 0 N–H and O–H groups in total. The van der Waals surface area contributed by atoms with Crippen LogP contribution in [0.5, 0.6) is 0 Å². The van der Waals surface area contributed by atoms with Crippen molar-refractivity contribution in [3.63, 3.8) is 0 Å². The second kappa shape index (κ2) is 1.45. The van der Waals surface area contributed by atoms with Gasteiger partial charge in [0.05, 0.1) is 6.61 Å². The van der Waals surface area contributed by atoms with E-state index >= 15 is 0 Å². The molecule has 0 aromatic heterocycles. The van der Waals surface area contributed by atoms with Crippen molar-refractivity contribution in [2.45, 2.75) is 18.9 Å². The van der Waals surface area contributed by atoms with Gasteiger partial charge in [0.2, 0.25) is 0 Å². The summed E-state index contributed by atoms with van der Waals surface area (Å²) in [5, 5.41) is 0. The molecule has 0 radical (unpaired) electrons. The van der Waals surface area contributed by atoms with Crippen LogP contribution in [0.25, 0.3) is 0 Å². The van der Waals surface area contributed by atoms with E-state index in [1.807, 2.05) is 0 Å². The van der Waals surface area contributed by atoms with Crippen LogP contribution in [0.15, 0.2) is 0 Å². The maximum absolute atomic E-state index is 11.2. The molecule has 0 unspecified atom stereocenters. The first-order valence-corrected chi connectivity index (χ1v) is 4.00. The maximum Gasteiger partial charge on any atom is 0.162 e. The summed E-state index contributed by atoms with van der Waals surface area (Å²) in [6.45, 7) is 0.859. The zero-order chi connectivity index (χ0) is 6.72. The van der Waals surface area contributed by atoms with Crippen molar-refractivity contribution in [1.82, 2.24) is 0 Å². The van der Waals surface area contributed by atoms with Crippen molar-refractivity contribution in [3.8, 4) is 0 Å². The quantitative estimate of drug-likeness (QED) is 0.490. The van der Waals surface area contributed by atoms with Crippen molar-refractivity contribution in [2.24, 2.45) is 17.8 Å². The molecular weight excluding hydrogens is 128 g/mol. The summed E-state index contributed by atoms with van der Waals surface area (Å²) in [6.07, 6.45) is 2.10. The molecule has 2 aliphatic carbocycles. The standard InChI is InChI=1S/C8H10O2/c9-6-2-4-1-5-3-10-8(6)7(4)5/h4-5,7-8H,1-3H2/t4-,5+,7+,8+/m1/s1. The number of ketones is 1. The number of Topliss-reactive ketones (excluding diaryl/α,β-unsaturated/α-hetero) is 1. The average molecular weight is 138 g/mol. The Morgan fingerprint density at radius 3 is 3.10 bits per heavy atom. The first kappa shape index (κ1) is 5.30. The van der Waals surface area contributed by atoms with Gasteiger partial charge in [0, 0.05) is 12.3 Å². The van der Waals surface area contributed by atoms with E-state index in [1.165, 1.54) is 6.42 Å². The Kier molecular flexibility index (Phi) is 0.768. The van der Waals surface area contributed by atoms with Gasteiger partial charge in [-0.05, 0) is 18.3 Å². The molecule has 2 saturated carbocycles. The first-order valence-electron chi connectivity index (χ1n) is 4.00. The monoisotopic (exact) mass is 138 g/mol. The highest BCUT2D eigenvalue weighted by Crippen LogP contribution is 2.54. The zero-order valence-electron chi connectivity index (χ0n) is 5.75. The van der Waals surface area contributed by atoms with Crippen LogP contribution in [0.4, 0.5) is 0 Å². The molecule has 0 spiro atoms. The van der Waals surface area contributed by atoms with Crippen molar-refractivity contribution < 1.29 is 9.53 Å². The minimum Gasteiger partial charge on any atom is -0.370 e. The third-order valence-corrected chi connectivity index (χ3v) is 3.31. The van der Waals surface area contributed by atoms with E-state index in [0.717, 1.165) is 18.9 Å². The van der Waals surface area contributed by atoms with Gasteiger partial charge in [-0.25, -0.2) is 0 Å². The highest BCUT2D eigenvalue weighted by molar-refractivity contribution is 5.87. The number of hydrogen-bond donors (Lipinski definition) is 0. The largest absolute Gasteiger partial charge is 0.370 e. The van der Waals surface area contributed by atoms with Crippen LogP contribution in [0.3, 0.4) is 0 Å². The smallest absolute Gasteiger partial charge is 0.162 e. The van der Waals surface area contributed by atoms with Gasteiger partial charge in [0.1, 0.15) is 6.10 Å². The van der Waals surface area contributed by atoms with Crippen LogP contribution in [0, 0.1) is 17.8 Å². The highest BCUT2D eigenvalue weighted by atomic mass is 16.5. The molecular formula is C8H10O2. The third kappa shape index (κ3) is 0.409. The van der Waals surface area contributed by atoms with E-state index in [2.05, 4.69) is 0 Å². The van der Waals surface area contributed by atoms with Gasteiger partial charge in [0.15, 0.2) is 5.78 Å². The fraction of sp³-hybridized carbons (Fsp3) is 0.875. The fourth-order valence-electron chi connectivity index (χ4n) is 2.81. The van der Waals surface area contributed by atoms with Gasteiger partial charge in [-0.1, -0.05) is 0 Å². The van der Waals surface area contributed by atoms with Gasteiger partial charge in [-0.15, -0.1) is 0 Å². The highest BCUT2D eigenvalue weighted by Gasteiger charge is 2.58. The number of rotatable bonds is 0. The number of hydrogen-bond acceptors (Lipinski definition) is 2. The molecule has 0 aromatic carbocycles. The molecule has 4 atom stereocenters. The summed E-state index contributed by atoms with van der Waals surface area (Å²) >= 11 is 0. The van der Waals surface area contributed by atoms with E-state index in [4.69, 9.17) is 4.74 Å². The summed E-state index contributed by atoms with van der Waals surface area (Å²) in [4.78, 5) is 11.2. The summed E-state index contributed by atoms with van der Waals surface area (Å²) in [6, 6.07) is 0. The molecule has 1 heterocycles. The predicted molar refractivity (Wildman–Crippen MR) is 34.5 cm³/mol. The molecule has 2 heteroatoms. The van der Waals surface area contributed by atoms with E-state index < -0.39 is 0 Å². The molecule has 3 aliphatic rings. The van der Waals surface area contributed by atoms with Crippen LogP contribution < -0.4 is 0 Å². The molecule has 2 nitrogen and oxygen atoms in total. The summed E-state index contributed by atoms with van der Waals surface area (Å²) in [5.41, 5.74) is 0. The fourth-order valence-corrected chi connectivity index (χ4v) is 2.81. The van der Waals surface area contributed by atoms with Crippen molar-refractivity contribution in [1.29, 1.82) is 0 Å². The SMILES string of the molecule is O=C1C[C@H]2C[C@H]3CO[C@@H]1[C@H]32. The van der Waals surface area contributed by atoms with Gasteiger partial charge in [-0.2, -0.15) is 0 Å². The Morgan fingerprint density at radius 1 is 1.40 bits per heavy atom. The van der Waals surface area contributed by atoms with Gasteiger partial charge >= 0.3 is 0 Å². The second-order valence-electron chi connectivity index (χ2n) is 3.76. The van der Waals surface area contributed by atoms with E-state index in [1.54, 1.807) is 0 Å². The Balaban J connectivity index is 2.00. The van der Waals surface area contributed by atoms with Crippen LogP contribution in [-0.2, 0) is 9.53 Å². The molecule has 3 rings (SSSR count). The Morgan fingerprint density at radius 2 is 2.30 bits per heavy atom. The number of ether oxygens (including phenoxy) is 1. The predicted octanol–water partition coefficient (Wildman–Crippen LogP) is 0.610. The van der Waals surface area contributed by atoms with Crippen molar-refractivity contribution >= 4 is 5.78 Å². The molecule has 0 amide bonds. The van der Waals surface area contributed by atoms with Crippen LogP contribution in [0.1, 0.15) is 12.8 Å². The van der Waals surface area contributed by atoms with Crippen LogP contribution >= 0.6 is 0 Å². The Labute approximate surface area is 59.6 Å². The number of carbonyl (C=O) groups excluding carboxylic acids is 1. The molecule has 1 saturated heterocycles. The third-order valence-electron chi connectivity index (χ3n) is 3.31. The lowest BCUT2D eigenvalue weighted by Crippen LogP contribution is -2.33. The van der Waals surface area contributed by atoms with Gasteiger partial charge in [-0.3, -0.25) is 4.79 Å². The second-order valence-corrected chi connectivity index (χ2v) is 3.76. The van der Waals surface area contributed by atoms with Crippen LogP contribution in [0.2, 0.25) is 0 Å². The van der Waals surface area contributed by atoms with Crippen molar-refractivity contribution in [2.75, 3.05) is 6.61 Å². The topological polar surface area (TPSA) is 26.3 Å². The minimum atomic E-state index is 0.0312. The van der Waals surface area contributed by atoms with E-state index in [9.17, 15) is 4.79 Å². The average Bonchev–Trinajstić information content (AvgIpc) is 2.27.